The van der Waals surface area contributed by atoms with Gasteiger partial charge in [0.1, 0.15) is 12.1 Å². The van der Waals surface area contributed by atoms with Crippen LogP contribution in [0.1, 0.15) is 74.3 Å². The Labute approximate surface area is 225 Å². The van der Waals surface area contributed by atoms with Crippen LogP contribution in [0, 0.1) is 6.92 Å². The van der Waals surface area contributed by atoms with Crippen molar-refractivity contribution in [2.45, 2.75) is 76.2 Å². The Balaban J connectivity index is 1.61. The molecule has 1 aliphatic rings. The van der Waals surface area contributed by atoms with Gasteiger partial charge in [-0.1, -0.05) is 48.9 Å². The van der Waals surface area contributed by atoms with Gasteiger partial charge in [0.05, 0.1) is 29.4 Å². The van der Waals surface area contributed by atoms with E-state index in [2.05, 4.69) is 15.5 Å². The minimum atomic E-state index is -4.44. The Morgan fingerprint density at radius 2 is 1.92 bits per heavy atom. The molecule has 0 aliphatic carbocycles. The third-order valence-corrected chi connectivity index (χ3v) is 7.69. The van der Waals surface area contributed by atoms with Gasteiger partial charge in [0.25, 0.3) is 0 Å². The summed E-state index contributed by atoms with van der Waals surface area (Å²) in [5, 5.41) is 9.93. The van der Waals surface area contributed by atoms with Crippen molar-refractivity contribution in [1.82, 2.24) is 20.1 Å². The van der Waals surface area contributed by atoms with Crippen LogP contribution in [0.2, 0.25) is 0 Å². The van der Waals surface area contributed by atoms with Crippen LogP contribution in [0.25, 0.3) is 0 Å². The summed E-state index contributed by atoms with van der Waals surface area (Å²) in [7, 11) is 0. The molecule has 1 aliphatic heterocycles. The summed E-state index contributed by atoms with van der Waals surface area (Å²) in [5.41, 5.74) is -0.617. The molecule has 3 atom stereocenters. The Hall–Kier alpha value is -3.24. The fraction of sp³-hybridized carbons (Fsp3) is 0.483. The van der Waals surface area contributed by atoms with E-state index in [1.165, 1.54) is 10.9 Å². The topological polar surface area (TPSA) is 89.0 Å². The largest absolute Gasteiger partial charge is 0.416 e. The van der Waals surface area contributed by atoms with Gasteiger partial charge in [-0.25, -0.2) is 9.89 Å². The van der Waals surface area contributed by atoms with E-state index in [0.717, 1.165) is 24.1 Å². The molecule has 2 N–H and O–H groups in total. The second-order valence-electron chi connectivity index (χ2n) is 10.6. The summed E-state index contributed by atoms with van der Waals surface area (Å²) >= 11 is 0. The van der Waals surface area contributed by atoms with Crippen LogP contribution in [0.3, 0.4) is 0 Å². The zero-order valence-corrected chi connectivity index (χ0v) is 22.5. The number of hydrogen-bond acceptors (Lipinski definition) is 5. The lowest BCUT2D eigenvalue weighted by molar-refractivity contribution is -0.137. The molecule has 0 radical (unpaired) electrons. The van der Waals surface area contributed by atoms with Gasteiger partial charge in [0.15, 0.2) is 0 Å². The number of carbonyl (C=O) groups excluding carboxylic acids is 1. The zero-order valence-electron chi connectivity index (χ0n) is 22.5. The predicted octanol–water partition coefficient (Wildman–Crippen LogP) is 5.41. The van der Waals surface area contributed by atoms with E-state index >= 15 is 0 Å². The monoisotopic (exact) mass is 544 g/mol. The first-order chi connectivity index (χ1) is 18.5. The Morgan fingerprint density at radius 3 is 2.51 bits per heavy atom. The molecular formula is C29H35F3N4O3. The Bertz CT molecular complexity index is 1330. The van der Waals surface area contributed by atoms with Crippen molar-refractivity contribution in [3.05, 3.63) is 87.6 Å². The number of nitrogens with zero attached hydrogens (tertiary/aromatic N) is 2. The maximum Gasteiger partial charge on any atom is 0.416 e. The van der Waals surface area contributed by atoms with Gasteiger partial charge in [-0.05, 0) is 56.4 Å². The van der Waals surface area contributed by atoms with Gasteiger partial charge in [0.2, 0.25) is 0 Å². The van der Waals surface area contributed by atoms with Crippen molar-refractivity contribution >= 4 is 5.78 Å². The van der Waals surface area contributed by atoms with Gasteiger partial charge < -0.3 is 10.1 Å². The van der Waals surface area contributed by atoms with Gasteiger partial charge >= 0.3 is 11.9 Å². The Kier molecular flexibility index (Phi) is 8.46. The quantitative estimate of drug-likeness (QED) is 0.356. The number of benzene rings is 2. The molecule has 39 heavy (non-hydrogen) atoms. The number of ether oxygens (including phenoxy) is 1. The minimum Gasteiger partial charge on any atom is -0.372 e. The SMILES string of the molecule is CCCC(=O)C[C@]1(n2cn[nH]c2=O)CC[C@@](CO[C@H](C)c2cc(C)cc(C(F)(F)F)c2)(c2ccccc2)NC1. The number of halogens is 3. The lowest BCUT2D eigenvalue weighted by atomic mass is 9.74. The molecule has 0 spiro atoms. The normalized spacial score (nSPS) is 22.5. The molecule has 10 heteroatoms. The molecule has 1 fully saturated rings. The zero-order chi connectivity index (χ0) is 28.3. The van der Waals surface area contributed by atoms with Crippen molar-refractivity contribution in [1.29, 1.82) is 0 Å². The van der Waals surface area contributed by atoms with Crippen LogP contribution in [0.15, 0.2) is 59.7 Å². The number of ketones is 1. The van der Waals surface area contributed by atoms with E-state index in [0.29, 0.717) is 36.9 Å². The number of Topliss-reactive ketones (excluding diaryl/α,β-unsaturated/α-hetero) is 1. The average molecular weight is 545 g/mol. The number of rotatable bonds is 10. The van der Waals surface area contributed by atoms with Gasteiger partial charge in [0, 0.05) is 19.4 Å². The number of hydrogen-bond donors (Lipinski definition) is 2. The summed E-state index contributed by atoms with van der Waals surface area (Å²) in [4.78, 5) is 25.4. The van der Waals surface area contributed by atoms with E-state index < -0.39 is 28.9 Å². The first kappa shape index (κ1) is 28.8. The number of alkyl halides is 3. The minimum absolute atomic E-state index is 0.0735. The van der Waals surface area contributed by atoms with Crippen LogP contribution >= 0.6 is 0 Å². The highest BCUT2D eigenvalue weighted by Crippen LogP contribution is 2.40. The third-order valence-electron chi connectivity index (χ3n) is 7.69. The van der Waals surface area contributed by atoms with Gasteiger partial charge in [-0.3, -0.25) is 9.36 Å². The highest BCUT2D eigenvalue weighted by molar-refractivity contribution is 5.79. The number of aromatic amines is 1. The summed E-state index contributed by atoms with van der Waals surface area (Å²) in [6, 6.07) is 13.7. The first-order valence-electron chi connectivity index (χ1n) is 13.2. The molecule has 4 rings (SSSR count). The van der Waals surface area contributed by atoms with Crippen LogP contribution < -0.4 is 11.0 Å². The predicted molar refractivity (Wildman–Crippen MR) is 141 cm³/mol. The van der Waals surface area contributed by atoms with Crippen molar-refractivity contribution in [2.75, 3.05) is 13.2 Å². The summed E-state index contributed by atoms with van der Waals surface area (Å²) in [6.45, 7) is 5.83. The number of aryl methyl sites for hydroxylation is 1. The molecule has 0 amide bonds. The van der Waals surface area contributed by atoms with E-state index in [1.807, 2.05) is 37.3 Å². The Morgan fingerprint density at radius 1 is 1.18 bits per heavy atom. The van der Waals surface area contributed by atoms with E-state index in [-0.39, 0.29) is 24.5 Å². The molecule has 1 saturated heterocycles. The first-order valence-corrected chi connectivity index (χ1v) is 13.2. The third kappa shape index (κ3) is 6.33. The highest BCUT2D eigenvalue weighted by Gasteiger charge is 2.46. The van der Waals surface area contributed by atoms with Gasteiger partial charge in [-0.2, -0.15) is 18.3 Å². The smallest absolute Gasteiger partial charge is 0.372 e. The van der Waals surface area contributed by atoms with Gasteiger partial charge in [-0.15, -0.1) is 0 Å². The van der Waals surface area contributed by atoms with Crippen LogP contribution in [0.4, 0.5) is 13.2 Å². The maximum absolute atomic E-state index is 13.4. The van der Waals surface area contributed by atoms with Crippen molar-refractivity contribution in [3.8, 4) is 0 Å². The molecule has 3 aromatic rings. The highest BCUT2D eigenvalue weighted by atomic mass is 19.4. The standard InChI is InChI=1S/C29H35F3N4O3/c1-4-8-25(37)16-27(36-19-34-35-26(36)38)11-12-28(33-17-27,23-9-6-5-7-10-23)18-39-21(3)22-13-20(2)14-24(15-22)29(30,31)32/h5-7,9-10,13-15,19,21,33H,4,8,11-12,16-18H2,1-3H3,(H,35,38)/t21-,27-,28-/m1/s1. The second kappa shape index (κ2) is 11.5. The number of carbonyl (C=O) groups is 1. The van der Waals surface area contributed by atoms with Crippen molar-refractivity contribution < 1.29 is 22.7 Å². The molecule has 0 unspecified atom stereocenters. The number of piperidine rings is 1. The molecule has 0 bridgehead atoms. The summed E-state index contributed by atoms with van der Waals surface area (Å²) in [5.74, 6) is 0.0735. The maximum atomic E-state index is 13.4. The molecule has 1 aromatic heterocycles. The molecule has 2 aromatic carbocycles. The molecule has 0 saturated carbocycles. The number of H-pyrrole nitrogens is 1. The number of aromatic nitrogens is 3. The molecule has 7 nitrogen and oxygen atoms in total. The van der Waals surface area contributed by atoms with Crippen LogP contribution in [-0.4, -0.2) is 33.7 Å². The van der Waals surface area contributed by atoms with Crippen molar-refractivity contribution in [2.24, 2.45) is 0 Å². The molecule has 2 heterocycles. The fourth-order valence-corrected chi connectivity index (χ4v) is 5.50. The summed E-state index contributed by atoms with van der Waals surface area (Å²) < 4.78 is 48.0. The molecule has 210 valence electrons. The van der Waals surface area contributed by atoms with Crippen molar-refractivity contribution in [3.63, 3.8) is 0 Å². The second-order valence-corrected chi connectivity index (χ2v) is 10.6. The summed E-state index contributed by atoms with van der Waals surface area (Å²) in [6.07, 6.45) is -1.23. The number of nitrogens with one attached hydrogen (secondary N) is 2. The molecular weight excluding hydrogens is 509 g/mol. The van der Waals surface area contributed by atoms with Crippen LogP contribution in [-0.2, 0) is 26.8 Å². The van der Waals surface area contributed by atoms with E-state index in [4.69, 9.17) is 4.74 Å². The van der Waals surface area contributed by atoms with E-state index in [9.17, 15) is 22.8 Å². The van der Waals surface area contributed by atoms with Crippen LogP contribution in [0.5, 0.6) is 0 Å². The lowest BCUT2D eigenvalue weighted by Crippen LogP contribution is -2.60. The lowest BCUT2D eigenvalue weighted by Gasteiger charge is -2.48. The average Bonchev–Trinajstić information content (AvgIpc) is 3.34. The van der Waals surface area contributed by atoms with E-state index in [1.54, 1.807) is 19.9 Å². The fourth-order valence-electron chi connectivity index (χ4n) is 5.50.